The lowest BCUT2D eigenvalue weighted by molar-refractivity contribution is -0.116. The summed E-state index contributed by atoms with van der Waals surface area (Å²) in [7, 11) is 0. The van der Waals surface area contributed by atoms with Crippen molar-refractivity contribution >= 4 is 23.4 Å². The molecule has 0 aliphatic rings. The smallest absolute Gasteiger partial charge is 0.224 e. The Morgan fingerprint density at radius 3 is 2.87 bits per heavy atom. The summed E-state index contributed by atoms with van der Waals surface area (Å²) >= 11 is 1.60. The van der Waals surface area contributed by atoms with Crippen molar-refractivity contribution < 1.29 is 9.90 Å². The third kappa shape index (κ3) is 3.93. The number of para-hydroxylation sites is 1. The predicted molar refractivity (Wildman–Crippen MR) is 63.2 cm³/mol. The third-order valence-electron chi connectivity index (χ3n) is 1.94. The number of thioether (sulfide) groups is 1. The van der Waals surface area contributed by atoms with Crippen LogP contribution in [0, 0.1) is 0 Å². The first-order chi connectivity index (χ1) is 7.27. The van der Waals surface area contributed by atoms with E-state index in [0.717, 1.165) is 10.6 Å². The molecule has 1 rings (SSSR count). The van der Waals surface area contributed by atoms with Gasteiger partial charge in [-0.25, -0.2) is 0 Å². The SMILES string of the molecule is CSc1ccccc1NC(=O)CCCO. The molecule has 0 bridgehead atoms. The van der Waals surface area contributed by atoms with E-state index in [1.165, 1.54) is 0 Å². The Bertz CT molecular complexity index is 328. The van der Waals surface area contributed by atoms with Crippen molar-refractivity contribution in [3.63, 3.8) is 0 Å². The quantitative estimate of drug-likeness (QED) is 0.755. The number of hydrogen-bond donors (Lipinski definition) is 2. The van der Waals surface area contributed by atoms with Gasteiger partial charge in [-0.3, -0.25) is 4.79 Å². The summed E-state index contributed by atoms with van der Waals surface area (Å²) in [6, 6.07) is 7.67. The molecule has 3 nitrogen and oxygen atoms in total. The van der Waals surface area contributed by atoms with Gasteiger partial charge in [0.1, 0.15) is 0 Å². The van der Waals surface area contributed by atoms with Crippen LogP contribution in [0.5, 0.6) is 0 Å². The molecule has 82 valence electrons. The molecule has 0 atom stereocenters. The average molecular weight is 225 g/mol. The Morgan fingerprint density at radius 1 is 1.47 bits per heavy atom. The molecule has 0 aromatic heterocycles. The minimum Gasteiger partial charge on any atom is -0.396 e. The van der Waals surface area contributed by atoms with Gasteiger partial charge in [0.15, 0.2) is 0 Å². The van der Waals surface area contributed by atoms with Crippen molar-refractivity contribution in [3.8, 4) is 0 Å². The van der Waals surface area contributed by atoms with Gasteiger partial charge in [0.25, 0.3) is 0 Å². The Labute approximate surface area is 93.9 Å². The molecular weight excluding hydrogens is 210 g/mol. The van der Waals surface area contributed by atoms with E-state index in [4.69, 9.17) is 5.11 Å². The van der Waals surface area contributed by atoms with Crippen molar-refractivity contribution in [1.29, 1.82) is 0 Å². The summed E-state index contributed by atoms with van der Waals surface area (Å²) in [5.41, 5.74) is 0.841. The van der Waals surface area contributed by atoms with E-state index in [-0.39, 0.29) is 12.5 Å². The lowest BCUT2D eigenvalue weighted by Crippen LogP contribution is -2.12. The first-order valence-electron chi connectivity index (χ1n) is 4.81. The summed E-state index contributed by atoms with van der Waals surface area (Å²) in [6.45, 7) is 0.0532. The highest BCUT2D eigenvalue weighted by molar-refractivity contribution is 7.98. The zero-order valence-electron chi connectivity index (χ0n) is 8.69. The number of amides is 1. The van der Waals surface area contributed by atoms with Crippen LogP contribution in [-0.2, 0) is 4.79 Å². The molecule has 0 heterocycles. The standard InChI is InChI=1S/C11H15NO2S/c1-15-10-6-3-2-5-9(10)12-11(14)7-4-8-13/h2-3,5-6,13H,4,7-8H2,1H3,(H,12,14). The molecule has 0 spiro atoms. The van der Waals surface area contributed by atoms with E-state index in [0.29, 0.717) is 12.8 Å². The van der Waals surface area contributed by atoms with Crippen LogP contribution in [0.15, 0.2) is 29.2 Å². The van der Waals surface area contributed by atoms with Crippen molar-refractivity contribution in [3.05, 3.63) is 24.3 Å². The number of anilines is 1. The molecule has 0 aliphatic heterocycles. The maximum absolute atomic E-state index is 11.4. The normalized spacial score (nSPS) is 10.0. The maximum Gasteiger partial charge on any atom is 0.224 e. The summed E-state index contributed by atoms with van der Waals surface area (Å²) < 4.78 is 0. The van der Waals surface area contributed by atoms with E-state index in [1.807, 2.05) is 30.5 Å². The highest BCUT2D eigenvalue weighted by Gasteiger charge is 2.04. The number of benzene rings is 1. The zero-order valence-corrected chi connectivity index (χ0v) is 9.51. The molecule has 2 N–H and O–H groups in total. The van der Waals surface area contributed by atoms with Gasteiger partial charge >= 0.3 is 0 Å². The van der Waals surface area contributed by atoms with Gasteiger partial charge < -0.3 is 10.4 Å². The van der Waals surface area contributed by atoms with Gasteiger partial charge in [-0.2, -0.15) is 0 Å². The predicted octanol–water partition coefficient (Wildman–Crippen LogP) is 2.12. The summed E-state index contributed by atoms with van der Waals surface area (Å²) in [6.07, 6.45) is 2.84. The number of aliphatic hydroxyl groups is 1. The van der Waals surface area contributed by atoms with Crippen molar-refractivity contribution in [2.24, 2.45) is 0 Å². The first kappa shape index (κ1) is 12.1. The summed E-state index contributed by atoms with van der Waals surface area (Å²) in [5.74, 6) is -0.0504. The Morgan fingerprint density at radius 2 is 2.20 bits per heavy atom. The molecule has 1 amide bonds. The average Bonchev–Trinajstić information content (AvgIpc) is 2.27. The van der Waals surface area contributed by atoms with Crippen molar-refractivity contribution in [2.45, 2.75) is 17.7 Å². The lowest BCUT2D eigenvalue weighted by atomic mass is 10.2. The van der Waals surface area contributed by atoms with E-state index >= 15 is 0 Å². The number of carbonyl (C=O) groups excluding carboxylic acids is 1. The first-order valence-corrected chi connectivity index (χ1v) is 6.04. The van der Waals surface area contributed by atoms with Crippen LogP contribution in [0.25, 0.3) is 0 Å². The van der Waals surface area contributed by atoms with E-state index in [1.54, 1.807) is 11.8 Å². The topological polar surface area (TPSA) is 49.3 Å². The number of hydrogen-bond acceptors (Lipinski definition) is 3. The second-order valence-corrected chi connectivity index (χ2v) is 3.92. The van der Waals surface area contributed by atoms with E-state index in [2.05, 4.69) is 5.32 Å². The molecule has 0 fully saturated rings. The second kappa shape index (κ2) is 6.48. The molecule has 0 saturated carbocycles. The fraction of sp³-hybridized carbons (Fsp3) is 0.364. The largest absolute Gasteiger partial charge is 0.396 e. The third-order valence-corrected chi connectivity index (χ3v) is 2.74. The molecule has 1 aromatic carbocycles. The molecule has 4 heteroatoms. The van der Waals surface area contributed by atoms with Gasteiger partial charge in [-0.05, 0) is 24.8 Å². The minimum absolute atomic E-state index is 0.0504. The van der Waals surface area contributed by atoms with Gasteiger partial charge in [0.2, 0.25) is 5.91 Å². The number of aliphatic hydroxyl groups excluding tert-OH is 1. The van der Waals surface area contributed by atoms with Gasteiger partial charge in [-0.1, -0.05) is 12.1 Å². The number of nitrogens with one attached hydrogen (secondary N) is 1. The van der Waals surface area contributed by atoms with Crippen LogP contribution in [-0.4, -0.2) is 23.9 Å². The van der Waals surface area contributed by atoms with Crippen LogP contribution >= 0.6 is 11.8 Å². The van der Waals surface area contributed by atoms with Crippen molar-refractivity contribution in [1.82, 2.24) is 0 Å². The van der Waals surface area contributed by atoms with Crippen LogP contribution in [0.4, 0.5) is 5.69 Å². The monoisotopic (exact) mass is 225 g/mol. The zero-order chi connectivity index (χ0) is 11.1. The molecule has 0 unspecified atom stereocenters. The number of rotatable bonds is 5. The second-order valence-electron chi connectivity index (χ2n) is 3.08. The van der Waals surface area contributed by atoms with Gasteiger partial charge in [0.05, 0.1) is 5.69 Å². The Balaban J connectivity index is 2.59. The van der Waals surface area contributed by atoms with Crippen LogP contribution in [0.2, 0.25) is 0 Å². The molecule has 15 heavy (non-hydrogen) atoms. The molecule has 0 radical (unpaired) electrons. The summed E-state index contributed by atoms with van der Waals surface area (Å²) in [5, 5.41) is 11.4. The highest BCUT2D eigenvalue weighted by atomic mass is 32.2. The molecular formula is C11H15NO2S. The van der Waals surface area contributed by atoms with Gasteiger partial charge in [-0.15, -0.1) is 11.8 Å². The minimum atomic E-state index is -0.0504. The number of carbonyl (C=O) groups is 1. The fourth-order valence-corrected chi connectivity index (χ4v) is 1.75. The molecule has 1 aromatic rings. The summed E-state index contributed by atoms with van der Waals surface area (Å²) in [4.78, 5) is 12.5. The fourth-order valence-electron chi connectivity index (χ4n) is 1.20. The van der Waals surface area contributed by atoms with E-state index in [9.17, 15) is 4.79 Å². The van der Waals surface area contributed by atoms with Crippen molar-refractivity contribution in [2.75, 3.05) is 18.2 Å². The van der Waals surface area contributed by atoms with E-state index < -0.39 is 0 Å². The molecule has 0 aliphatic carbocycles. The maximum atomic E-state index is 11.4. The van der Waals surface area contributed by atoms with Crippen LogP contribution in [0.3, 0.4) is 0 Å². The van der Waals surface area contributed by atoms with Crippen LogP contribution in [0.1, 0.15) is 12.8 Å². The van der Waals surface area contributed by atoms with Crippen LogP contribution < -0.4 is 5.32 Å². The Hall–Kier alpha value is -1.00. The highest BCUT2D eigenvalue weighted by Crippen LogP contribution is 2.24. The Kier molecular flexibility index (Phi) is 5.21. The lowest BCUT2D eigenvalue weighted by Gasteiger charge is -2.08. The van der Waals surface area contributed by atoms with Gasteiger partial charge in [0, 0.05) is 17.9 Å². The molecule has 0 saturated heterocycles.